The Morgan fingerprint density at radius 2 is 1.77 bits per heavy atom. The topological polar surface area (TPSA) is 49.0 Å². The molecule has 0 unspecified atom stereocenters. The van der Waals surface area contributed by atoms with Crippen molar-refractivity contribution in [2.75, 3.05) is 7.11 Å². The second-order valence-electron chi connectivity index (χ2n) is 6.63. The molecule has 2 aromatic heterocycles. The molecule has 0 aliphatic rings. The first-order valence-corrected chi connectivity index (χ1v) is 10.1. The molecular weight excluding hydrogens is 473 g/mol. The van der Waals surface area contributed by atoms with Crippen LogP contribution in [0, 0.1) is 5.95 Å². The Balaban J connectivity index is 1.88. The van der Waals surface area contributed by atoms with Crippen LogP contribution in [0.5, 0.6) is 5.75 Å². The van der Waals surface area contributed by atoms with Crippen molar-refractivity contribution < 1.29 is 9.13 Å². The molecule has 0 fully saturated rings. The molecule has 0 bridgehead atoms. The molecule has 0 aliphatic carbocycles. The third-order valence-electron chi connectivity index (χ3n) is 4.76. The van der Waals surface area contributed by atoms with Gasteiger partial charge < -0.3 is 9.30 Å². The van der Waals surface area contributed by atoms with Crippen LogP contribution in [0.2, 0.25) is 5.02 Å². The standard InChI is InChI=1S/C22H16BrClFN3O2/c1-27-7-8-28(22(27)29)19-4-3-13(9-18(19)24)16-11-15(23)12-17(21(16)30-2)14-5-6-26-20(25)10-14/h3-12H,1-2H3. The van der Waals surface area contributed by atoms with Crippen LogP contribution in [0.4, 0.5) is 4.39 Å². The number of aryl methyl sites for hydroxylation is 1. The first kappa shape index (κ1) is 20.4. The van der Waals surface area contributed by atoms with Crippen molar-refractivity contribution in [3.63, 3.8) is 0 Å². The fraction of sp³-hybridized carbons (Fsp3) is 0.0909. The molecule has 0 saturated carbocycles. The summed E-state index contributed by atoms with van der Waals surface area (Å²) in [6.07, 6.45) is 4.75. The lowest BCUT2D eigenvalue weighted by atomic mass is 9.97. The first-order chi connectivity index (χ1) is 14.4. The highest BCUT2D eigenvalue weighted by atomic mass is 79.9. The van der Waals surface area contributed by atoms with Crippen LogP contribution < -0.4 is 10.4 Å². The molecule has 30 heavy (non-hydrogen) atoms. The summed E-state index contributed by atoms with van der Waals surface area (Å²) in [6, 6.07) is 12.3. The van der Waals surface area contributed by atoms with E-state index < -0.39 is 5.95 Å². The normalized spacial score (nSPS) is 11.0. The molecule has 0 N–H and O–H groups in total. The summed E-state index contributed by atoms with van der Waals surface area (Å²) < 4.78 is 23.1. The molecule has 0 radical (unpaired) electrons. The second kappa shape index (κ2) is 8.08. The van der Waals surface area contributed by atoms with Crippen LogP contribution in [-0.2, 0) is 7.05 Å². The van der Waals surface area contributed by atoms with Crippen LogP contribution in [0.1, 0.15) is 0 Å². The van der Waals surface area contributed by atoms with Crippen LogP contribution in [0.3, 0.4) is 0 Å². The molecule has 5 nitrogen and oxygen atoms in total. The van der Waals surface area contributed by atoms with E-state index in [0.717, 1.165) is 15.6 Å². The smallest absolute Gasteiger partial charge is 0.332 e. The van der Waals surface area contributed by atoms with Gasteiger partial charge in [-0.15, -0.1) is 0 Å². The van der Waals surface area contributed by atoms with Crippen LogP contribution in [-0.4, -0.2) is 21.2 Å². The molecule has 0 aliphatic heterocycles. The van der Waals surface area contributed by atoms with Crippen molar-refractivity contribution in [2.24, 2.45) is 7.05 Å². The highest BCUT2D eigenvalue weighted by Gasteiger charge is 2.17. The van der Waals surface area contributed by atoms with Crippen molar-refractivity contribution in [1.29, 1.82) is 0 Å². The van der Waals surface area contributed by atoms with Crippen molar-refractivity contribution >= 4 is 27.5 Å². The minimum atomic E-state index is -0.572. The fourth-order valence-corrected chi connectivity index (χ4v) is 4.06. The average molecular weight is 489 g/mol. The van der Waals surface area contributed by atoms with E-state index in [-0.39, 0.29) is 5.69 Å². The lowest BCUT2D eigenvalue weighted by molar-refractivity contribution is 0.418. The molecule has 2 aromatic carbocycles. The second-order valence-corrected chi connectivity index (χ2v) is 7.95. The third kappa shape index (κ3) is 3.66. The van der Waals surface area contributed by atoms with Crippen molar-refractivity contribution in [2.45, 2.75) is 0 Å². The van der Waals surface area contributed by atoms with E-state index in [4.69, 9.17) is 16.3 Å². The maximum absolute atomic E-state index is 13.7. The number of methoxy groups -OCH3 is 1. The van der Waals surface area contributed by atoms with Crippen molar-refractivity contribution in [3.05, 3.63) is 87.0 Å². The molecule has 4 rings (SSSR count). The van der Waals surface area contributed by atoms with Gasteiger partial charge in [0.1, 0.15) is 5.75 Å². The summed E-state index contributed by atoms with van der Waals surface area (Å²) in [7, 11) is 3.24. The number of aromatic nitrogens is 3. The summed E-state index contributed by atoms with van der Waals surface area (Å²) in [6.45, 7) is 0. The Kier molecular flexibility index (Phi) is 5.49. The van der Waals surface area contributed by atoms with Gasteiger partial charge in [-0.1, -0.05) is 33.6 Å². The van der Waals surface area contributed by atoms with Crippen molar-refractivity contribution in [1.82, 2.24) is 14.1 Å². The van der Waals surface area contributed by atoms with Crippen LogP contribution >= 0.6 is 27.5 Å². The highest BCUT2D eigenvalue weighted by molar-refractivity contribution is 9.10. The number of hydrogen-bond acceptors (Lipinski definition) is 3. The predicted molar refractivity (Wildman–Crippen MR) is 119 cm³/mol. The van der Waals surface area contributed by atoms with Gasteiger partial charge in [0.2, 0.25) is 5.95 Å². The molecule has 8 heteroatoms. The minimum absolute atomic E-state index is 0.188. The zero-order valence-electron chi connectivity index (χ0n) is 16.1. The Bertz CT molecular complexity index is 1320. The monoisotopic (exact) mass is 487 g/mol. The SMILES string of the molecule is COc1c(-c2ccnc(F)c2)cc(Br)cc1-c1ccc(-n2ccn(C)c2=O)c(Cl)c1. The third-order valence-corrected chi connectivity index (χ3v) is 5.52. The van der Waals surface area contributed by atoms with Gasteiger partial charge in [-0.2, -0.15) is 4.39 Å². The highest BCUT2D eigenvalue weighted by Crippen LogP contribution is 2.42. The van der Waals surface area contributed by atoms with E-state index >= 15 is 0 Å². The van der Waals surface area contributed by atoms with E-state index in [0.29, 0.717) is 27.6 Å². The molecule has 0 amide bonds. The summed E-state index contributed by atoms with van der Waals surface area (Å²) in [5, 5.41) is 0.416. The lowest BCUT2D eigenvalue weighted by Crippen LogP contribution is -2.20. The zero-order chi connectivity index (χ0) is 21.4. The van der Waals surface area contributed by atoms with Gasteiger partial charge in [0.25, 0.3) is 0 Å². The minimum Gasteiger partial charge on any atom is -0.495 e. The van der Waals surface area contributed by atoms with Crippen molar-refractivity contribution in [3.8, 4) is 33.7 Å². The number of nitrogens with zero attached hydrogens (tertiary/aromatic N) is 3. The first-order valence-electron chi connectivity index (χ1n) is 8.93. The number of hydrogen-bond donors (Lipinski definition) is 0. The van der Waals surface area contributed by atoms with Gasteiger partial charge in [-0.25, -0.2) is 9.78 Å². The van der Waals surface area contributed by atoms with Gasteiger partial charge in [0, 0.05) is 47.3 Å². The summed E-state index contributed by atoms with van der Waals surface area (Å²) in [4.78, 5) is 15.9. The summed E-state index contributed by atoms with van der Waals surface area (Å²) >= 11 is 10.1. The number of rotatable bonds is 4. The Morgan fingerprint density at radius 3 is 2.33 bits per heavy atom. The van der Waals surface area contributed by atoms with E-state index in [1.54, 1.807) is 44.8 Å². The van der Waals surface area contributed by atoms with E-state index in [9.17, 15) is 9.18 Å². The number of ether oxygens (including phenoxy) is 1. The molecule has 0 atom stereocenters. The lowest BCUT2D eigenvalue weighted by Gasteiger charge is -2.16. The van der Waals surface area contributed by atoms with Crippen LogP contribution in [0.25, 0.3) is 27.9 Å². The molecule has 0 spiro atoms. The Labute approximate surface area is 185 Å². The Morgan fingerprint density at radius 1 is 1.07 bits per heavy atom. The molecule has 152 valence electrons. The number of benzene rings is 2. The van der Waals surface area contributed by atoms with Gasteiger partial charge in [0.15, 0.2) is 0 Å². The van der Waals surface area contributed by atoms with E-state index in [2.05, 4.69) is 20.9 Å². The number of halogens is 3. The maximum atomic E-state index is 13.7. The average Bonchev–Trinajstić information content (AvgIpc) is 3.05. The number of imidazole rings is 1. The molecule has 0 saturated heterocycles. The maximum Gasteiger partial charge on any atom is 0.332 e. The fourth-order valence-electron chi connectivity index (χ4n) is 3.33. The van der Waals surface area contributed by atoms with Gasteiger partial charge in [-0.3, -0.25) is 4.57 Å². The van der Waals surface area contributed by atoms with E-state index in [1.165, 1.54) is 21.4 Å². The van der Waals surface area contributed by atoms with Gasteiger partial charge in [-0.05, 0) is 41.5 Å². The van der Waals surface area contributed by atoms with Gasteiger partial charge in [0.05, 0.1) is 17.8 Å². The van der Waals surface area contributed by atoms with Gasteiger partial charge >= 0.3 is 5.69 Å². The summed E-state index contributed by atoms with van der Waals surface area (Å²) in [5.74, 6) is 0.00118. The molecule has 4 aromatic rings. The van der Waals surface area contributed by atoms with Crippen LogP contribution in [0.15, 0.2) is 70.3 Å². The largest absolute Gasteiger partial charge is 0.495 e. The zero-order valence-corrected chi connectivity index (χ0v) is 18.4. The molecule has 2 heterocycles. The summed E-state index contributed by atoms with van der Waals surface area (Å²) in [5.41, 5.74) is 3.31. The number of pyridine rings is 1. The van der Waals surface area contributed by atoms with E-state index in [1.807, 2.05) is 18.2 Å². The Hall–Kier alpha value is -2.90. The quantitative estimate of drug-likeness (QED) is 0.358. The predicted octanol–water partition coefficient (Wildman–Crippen LogP) is 5.47. The molecular formula is C22H16BrClFN3O2.